The summed E-state index contributed by atoms with van der Waals surface area (Å²) in [6.07, 6.45) is 1.47. The number of hydrogen-bond donors (Lipinski definition) is 2. The predicted molar refractivity (Wildman–Crippen MR) is 81.7 cm³/mol. The standard InChI is InChI=1S/C10H5ClIN5OS/c11-7-6-8(14-3-13-6)16-10(15-7)17-9(18)4-1-5(12)19-2-4/h1-3H,(H2,13,14,15,16,17,18). The van der Waals surface area contributed by atoms with E-state index in [0.717, 1.165) is 2.88 Å². The summed E-state index contributed by atoms with van der Waals surface area (Å²) in [6.45, 7) is 0. The van der Waals surface area contributed by atoms with Gasteiger partial charge in [-0.15, -0.1) is 11.3 Å². The first kappa shape index (κ1) is 12.8. The number of H-pyrrole nitrogens is 1. The van der Waals surface area contributed by atoms with E-state index < -0.39 is 0 Å². The number of carbonyl (C=O) groups excluding carboxylic acids is 1. The Morgan fingerprint density at radius 3 is 3.05 bits per heavy atom. The number of nitrogens with one attached hydrogen (secondary N) is 2. The normalized spacial score (nSPS) is 10.8. The van der Waals surface area contributed by atoms with E-state index >= 15 is 0 Å². The Hall–Kier alpha value is -1.26. The second-order valence-electron chi connectivity index (χ2n) is 3.53. The smallest absolute Gasteiger partial charge is 0.258 e. The van der Waals surface area contributed by atoms with Gasteiger partial charge < -0.3 is 4.98 Å². The molecule has 3 rings (SSSR count). The summed E-state index contributed by atoms with van der Waals surface area (Å²) < 4.78 is 1.03. The molecule has 0 atom stereocenters. The number of hydrogen-bond acceptors (Lipinski definition) is 5. The van der Waals surface area contributed by atoms with Crippen molar-refractivity contribution in [1.82, 2.24) is 19.9 Å². The number of halogens is 2. The van der Waals surface area contributed by atoms with Gasteiger partial charge in [0.25, 0.3) is 5.91 Å². The molecule has 0 aliphatic rings. The summed E-state index contributed by atoms with van der Waals surface area (Å²) in [5.74, 6) is -0.138. The van der Waals surface area contributed by atoms with Crippen LogP contribution in [0.3, 0.4) is 0 Å². The molecule has 9 heteroatoms. The van der Waals surface area contributed by atoms with Crippen LogP contribution in [0, 0.1) is 2.88 Å². The van der Waals surface area contributed by atoms with Crippen LogP contribution in [0.2, 0.25) is 5.15 Å². The van der Waals surface area contributed by atoms with E-state index in [1.807, 2.05) is 0 Å². The molecule has 3 heterocycles. The van der Waals surface area contributed by atoms with Gasteiger partial charge in [0.15, 0.2) is 10.8 Å². The number of nitrogens with zero attached hydrogens (tertiary/aromatic N) is 3. The van der Waals surface area contributed by atoms with E-state index in [0.29, 0.717) is 16.7 Å². The number of aromatic nitrogens is 4. The van der Waals surface area contributed by atoms with Crippen LogP contribution in [0.25, 0.3) is 11.2 Å². The van der Waals surface area contributed by atoms with E-state index in [9.17, 15) is 4.79 Å². The molecule has 0 saturated heterocycles. The molecule has 0 saturated carbocycles. The summed E-state index contributed by atoms with van der Waals surface area (Å²) in [4.78, 5) is 26.9. The van der Waals surface area contributed by atoms with E-state index in [1.54, 1.807) is 11.4 Å². The molecule has 96 valence electrons. The zero-order valence-electron chi connectivity index (χ0n) is 9.15. The lowest BCUT2D eigenvalue weighted by Gasteiger charge is -2.02. The Bertz CT molecular complexity index is 770. The van der Waals surface area contributed by atoms with Gasteiger partial charge in [-0.05, 0) is 28.7 Å². The van der Waals surface area contributed by atoms with Crippen molar-refractivity contribution in [3.05, 3.63) is 31.4 Å². The first-order valence-electron chi connectivity index (χ1n) is 5.05. The van der Waals surface area contributed by atoms with Crippen molar-refractivity contribution in [2.45, 2.75) is 0 Å². The lowest BCUT2D eigenvalue weighted by molar-refractivity contribution is 0.102. The van der Waals surface area contributed by atoms with Crippen molar-refractivity contribution in [1.29, 1.82) is 0 Å². The molecular formula is C10H5ClIN5OS. The number of carbonyl (C=O) groups is 1. The SMILES string of the molecule is O=C(Nc1nc(Cl)c2[nH]cnc2n1)c1csc(I)c1. The number of thiophene rings is 1. The van der Waals surface area contributed by atoms with Gasteiger partial charge in [0, 0.05) is 5.38 Å². The van der Waals surface area contributed by atoms with Gasteiger partial charge in [-0.2, -0.15) is 9.97 Å². The Labute approximate surface area is 129 Å². The molecule has 3 aromatic rings. The van der Waals surface area contributed by atoms with Crippen molar-refractivity contribution in [3.8, 4) is 0 Å². The van der Waals surface area contributed by atoms with E-state index in [1.165, 1.54) is 17.7 Å². The van der Waals surface area contributed by atoms with Crippen molar-refractivity contribution < 1.29 is 4.79 Å². The average molecular weight is 406 g/mol. The third-order valence-electron chi connectivity index (χ3n) is 2.30. The van der Waals surface area contributed by atoms with Crippen LogP contribution in [-0.2, 0) is 0 Å². The van der Waals surface area contributed by atoms with E-state index in [4.69, 9.17) is 11.6 Å². The molecule has 0 bridgehead atoms. The van der Waals surface area contributed by atoms with Crippen molar-refractivity contribution in [3.63, 3.8) is 0 Å². The molecule has 0 unspecified atom stereocenters. The fourth-order valence-corrected chi connectivity index (χ4v) is 3.00. The van der Waals surface area contributed by atoms with Gasteiger partial charge in [0.2, 0.25) is 5.95 Å². The monoisotopic (exact) mass is 405 g/mol. The number of imidazole rings is 1. The van der Waals surface area contributed by atoms with Crippen molar-refractivity contribution in [2.75, 3.05) is 5.32 Å². The first-order valence-corrected chi connectivity index (χ1v) is 7.39. The minimum atomic E-state index is -0.273. The van der Waals surface area contributed by atoms with Crippen LogP contribution in [0.5, 0.6) is 0 Å². The minimum absolute atomic E-state index is 0.135. The van der Waals surface area contributed by atoms with Crippen LogP contribution < -0.4 is 5.32 Å². The van der Waals surface area contributed by atoms with Gasteiger partial charge in [-0.3, -0.25) is 10.1 Å². The molecule has 3 aromatic heterocycles. The van der Waals surface area contributed by atoms with Crippen LogP contribution in [0.15, 0.2) is 17.8 Å². The molecule has 1 amide bonds. The molecule has 0 aliphatic carbocycles. The third kappa shape index (κ3) is 2.55. The Kier molecular flexibility index (Phi) is 3.37. The first-order chi connectivity index (χ1) is 9.13. The van der Waals surface area contributed by atoms with E-state index in [-0.39, 0.29) is 17.0 Å². The van der Waals surface area contributed by atoms with Crippen molar-refractivity contribution in [2.24, 2.45) is 0 Å². The molecule has 0 aromatic carbocycles. The van der Waals surface area contributed by atoms with Crippen LogP contribution in [0.4, 0.5) is 5.95 Å². The average Bonchev–Trinajstić information content (AvgIpc) is 2.97. The van der Waals surface area contributed by atoms with Crippen LogP contribution in [-0.4, -0.2) is 25.8 Å². The molecule has 0 spiro atoms. The Morgan fingerprint density at radius 2 is 2.32 bits per heavy atom. The van der Waals surface area contributed by atoms with Gasteiger partial charge in [-0.1, -0.05) is 11.6 Å². The number of anilines is 1. The summed E-state index contributed by atoms with van der Waals surface area (Å²) in [6, 6.07) is 1.79. The summed E-state index contributed by atoms with van der Waals surface area (Å²) in [7, 11) is 0. The molecule has 0 radical (unpaired) electrons. The molecule has 6 nitrogen and oxygen atoms in total. The fraction of sp³-hybridized carbons (Fsp3) is 0. The lowest BCUT2D eigenvalue weighted by Crippen LogP contribution is -2.13. The molecular weight excluding hydrogens is 401 g/mol. The highest BCUT2D eigenvalue weighted by molar-refractivity contribution is 14.1. The lowest BCUT2D eigenvalue weighted by atomic mass is 10.3. The van der Waals surface area contributed by atoms with Crippen LogP contribution >= 0.6 is 45.5 Å². The number of aromatic amines is 1. The topological polar surface area (TPSA) is 83.6 Å². The molecule has 0 fully saturated rings. The largest absolute Gasteiger partial charge is 0.341 e. The van der Waals surface area contributed by atoms with Gasteiger partial charge in [0.05, 0.1) is 14.8 Å². The highest BCUT2D eigenvalue weighted by Gasteiger charge is 2.13. The third-order valence-corrected chi connectivity index (χ3v) is 4.36. The van der Waals surface area contributed by atoms with Gasteiger partial charge >= 0.3 is 0 Å². The van der Waals surface area contributed by atoms with Gasteiger partial charge in [0.1, 0.15) is 5.52 Å². The highest BCUT2D eigenvalue weighted by Crippen LogP contribution is 2.20. The second kappa shape index (κ2) is 5.02. The minimum Gasteiger partial charge on any atom is -0.341 e. The number of amides is 1. The maximum Gasteiger partial charge on any atom is 0.258 e. The molecule has 19 heavy (non-hydrogen) atoms. The fourth-order valence-electron chi connectivity index (χ4n) is 1.46. The maximum atomic E-state index is 12.0. The zero-order valence-corrected chi connectivity index (χ0v) is 12.9. The van der Waals surface area contributed by atoms with Crippen LogP contribution in [0.1, 0.15) is 10.4 Å². The second-order valence-corrected chi connectivity index (χ2v) is 6.70. The number of rotatable bonds is 2. The maximum absolute atomic E-state index is 12.0. The van der Waals surface area contributed by atoms with Gasteiger partial charge in [-0.25, -0.2) is 4.98 Å². The quantitative estimate of drug-likeness (QED) is 0.507. The zero-order chi connectivity index (χ0) is 13.4. The highest BCUT2D eigenvalue weighted by atomic mass is 127. The molecule has 2 N–H and O–H groups in total. The molecule has 0 aliphatic heterocycles. The number of fused-ring (bicyclic) bond motifs is 1. The van der Waals surface area contributed by atoms with Crippen molar-refractivity contribution >= 4 is 68.5 Å². The summed E-state index contributed by atoms with van der Waals surface area (Å²) in [5.41, 5.74) is 1.52. The summed E-state index contributed by atoms with van der Waals surface area (Å²) >= 11 is 9.61. The summed E-state index contributed by atoms with van der Waals surface area (Å²) in [5, 5.41) is 4.59. The Balaban J connectivity index is 1.90. The van der Waals surface area contributed by atoms with E-state index in [2.05, 4.69) is 47.8 Å². The predicted octanol–water partition coefficient (Wildman–Crippen LogP) is 2.92. The Morgan fingerprint density at radius 1 is 1.47 bits per heavy atom.